The molecule has 0 radical (unpaired) electrons. The first-order valence-electron chi connectivity index (χ1n) is 10.3. The standard InChI is InChI=1S/C25H21N3OS.ClH/c1-16-4-9-19-23(13-16)30-25-24(19)20(22-3-2-12-29-22)14-21(27-25)17-5-7-18(8-6-17)28-11-10-26-15-28;/h2-3,5-8,10-12,14-16H,4,9,13H2,1H3;1H. The fourth-order valence-electron chi connectivity index (χ4n) is 4.43. The summed E-state index contributed by atoms with van der Waals surface area (Å²) in [6, 6.07) is 14.7. The second kappa shape index (κ2) is 7.98. The van der Waals surface area contributed by atoms with E-state index in [1.54, 1.807) is 12.5 Å². The van der Waals surface area contributed by atoms with E-state index in [-0.39, 0.29) is 12.4 Å². The van der Waals surface area contributed by atoms with Crippen LogP contribution in [-0.4, -0.2) is 14.5 Å². The Balaban J connectivity index is 0.00000204. The molecule has 6 rings (SSSR count). The van der Waals surface area contributed by atoms with Crippen molar-refractivity contribution in [1.82, 2.24) is 14.5 Å². The Morgan fingerprint density at radius 2 is 2.03 bits per heavy atom. The van der Waals surface area contributed by atoms with E-state index in [2.05, 4.69) is 48.3 Å². The summed E-state index contributed by atoms with van der Waals surface area (Å²) in [4.78, 5) is 11.8. The Morgan fingerprint density at radius 3 is 2.77 bits per heavy atom. The highest BCUT2D eigenvalue weighted by molar-refractivity contribution is 7.19. The summed E-state index contributed by atoms with van der Waals surface area (Å²) in [6.07, 6.45) is 10.8. The van der Waals surface area contributed by atoms with Gasteiger partial charge in [0, 0.05) is 39.5 Å². The number of imidazole rings is 1. The van der Waals surface area contributed by atoms with Crippen LogP contribution in [0.15, 0.2) is 71.9 Å². The van der Waals surface area contributed by atoms with E-state index in [9.17, 15) is 0 Å². The van der Waals surface area contributed by atoms with Crippen LogP contribution in [0.25, 0.3) is 38.5 Å². The maximum absolute atomic E-state index is 5.83. The number of halogens is 1. The quantitative estimate of drug-likeness (QED) is 0.300. The Hall–Kier alpha value is -2.89. The molecule has 5 aromatic rings. The Kier molecular flexibility index (Phi) is 5.16. The maximum Gasteiger partial charge on any atom is 0.134 e. The molecule has 1 aliphatic rings. The Bertz CT molecular complexity index is 1320. The van der Waals surface area contributed by atoms with Gasteiger partial charge in [0.05, 0.1) is 18.3 Å². The van der Waals surface area contributed by atoms with Crippen LogP contribution in [0, 0.1) is 5.92 Å². The van der Waals surface area contributed by atoms with Gasteiger partial charge >= 0.3 is 0 Å². The van der Waals surface area contributed by atoms with Gasteiger partial charge in [-0.15, -0.1) is 23.7 Å². The van der Waals surface area contributed by atoms with Crippen molar-refractivity contribution >= 4 is 34.0 Å². The second-order valence-corrected chi connectivity index (χ2v) is 9.16. The van der Waals surface area contributed by atoms with E-state index in [1.807, 2.05) is 34.5 Å². The minimum atomic E-state index is 0. The van der Waals surface area contributed by atoms with Crippen molar-refractivity contribution in [3.63, 3.8) is 0 Å². The third kappa shape index (κ3) is 3.48. The normalized spacial score (nSPS) is 15.6. The number of thiophene rings is 1. The molecule has 0 fully saturated rings. The van der Waals surface area contributed by atoms with Crippen LogP contribution < -0.4 is 0 Å². The summed E-state index contributed by atoms with van der Waals surface area (Å²) in [5.41, 5.74) is 5.81. The molecule has 0 saturated heterocycles. The van der Waals surface area contributed by atoms with E-state index in [1.165, 1.54) is 22.2 Å². The largest absolute Gasteiger partial charge is 0.464 e. The number of rotatable bonds is 3. The molecule has 1 aliphatic carbocycles. The summed E-state index contributed by atoms with van der Waals surface area (Å²) in [6.45, 7) is 2.35. The van der Waals surface area contributed by atoms with Crippen LogP contribution >= 0.6 is 23.7 Å². The molecule has 6 heteroatoms. The summed E-state index contributed by atoms with van der Waals surface area (Å²) >= 11 is 1.86. The molecule has 0 bridgehead atoms. The molecule has 0 N–H and O–H groups in total. The minimum Gasteiger partial charge on any atom is -0.464 e. The molecular formula is C25H22ClN3OS. The molecule has 31 heavy (non-hydrogen) atoms. The van der Waals surface area contributed by atoms with Crippen LogP contribution in [0.1, 0.15) is 23.8 Å². The van der Waals surface area contributed by atoms with Crippen LogP contribution in [-0.2, 0) is 12.8 Å². The number of aryl methyl sites for hydroxylation is 1. The molecule has 0 saturated carbocycles. The smallest absolute Gasteiger partial charge is 0.134 e. The van der Waals surface area contributed by atoms with E-state index in [0.717, 1.165) is 51.9 Å². The van der Waals surface area contributed by atoms with Crippen molar-refractivity contribution in [2.45, 2.75) is 26.2 Å². The lowest BCUT2D eigenvalue weighted by Crippen LogP contribution is -2.08. The van der Waals surface area contributed by atoms with Gasteiger partial charge in [-0.05, 0) is 61.1 Å². The van der Waals surface area contributed by atoms with Gasteiger partial charge in [-0.2, -0.15) is 0 Å². The highest BCUT2D eigenvalue weighted by atomic mass is 35.5. The summed E-state index contributed by atoms with van der Waals surface area (Å²) in [5.74, 6) is 1.66. The van der Waals surface area contributed by atoms with E-state index in [0.29, 0.717) is 0 Å². The third-order valence-electron chi connectivity index (χ3n) is 6.02. The minimum absolute atomic E-state index is 0. The number of benzene rings is 1. The van der Waals surface area contributed by atoms with Crippen LogP contribution in [0.4, 0.5) is 0 Å². The van der Waals surface area contributed by atoms with E-state index >= 15 is 0 Å². The molecule has 4 heterocycles. The molecule has 156 valence electrons. The number of nitrogens with zero attached hydrogens (tertiary/aromatic N) is 3. The van der Waals surface area contributed by atoms with Gasteiger partial charge in [-0.25, -0.2) is 9.97 Å². The van der Waals surface area contributed by atoms with Gasteiger partial charge < -0.3 is 8.98 Å². The Labute approximate surface area is 191 Å². The molecule has 4 aromatic heterocycles. The average Bonchev–Trinajstić information content (AvgIpc) is 3.53. The summed E-state index contributed by atoms with van der Waals surface area (Å²) in [7, 11) is 0. The zero-order valence-corrected chi connectivity index (χ0v) is 18.7. The molecule has 1 unspecified atom stereocenters. The second-order valence-electron chi connectivity index (χ2n) is 8.08. The highest BCUT2D eigenvalue weighted by Crippen LogP contribution is 2.43. The monoisotopic (exact) mass is 447 g/mol. The SMILES string of the molecule is CC1CCc2c(sc3nc(-c4ccc(-n5ccnc5)cc4)cc(-c4ccco4)c23)C1.Cl. The molecule has 1 aromatic carbocycles. The number of fused-ring (bicyclic) bond motifs is 3. The molecule has 1 atom stereocenters. The van der Waals surface area contributed by atoms with Crippen LogP contribution in [0.5, 0.6) is 0 Å². The van der Waals surface area contributed by atoms with Crippen molar-refractivity contribution in [2.75, 3.05) is 0 Å². The molecule has 4 nitrogen and oxygen atoms in total. The first kappa shape index (κ1) is 20.0. The molecule has 0 aliphatic heterocycles. The average molecular weight is 448 g/mol. The van der Waals surface area contributed by atoms with Crippen molar-refractivity contribution in [2.24, 2.45) is 5.92 Å². The third-order valence-corrected chi connectivity index (χ3v) is 7.17. The van der Waals surface area contributed by atoms with Crippen molar-refractivity contribution in [1.29, 1.82) is 0 Å². The fraction of sp³-hybridized carbons (Fsp3) is 0.200. The molecular weight excluding hydrogens is 426 g/mol. The van der Waals surface area contributed by atoms with Crippen molar-refractivity contribution in [3.8, 4) is 28.3 Å². The zero-order valence-electron chi connectivity index (χ0n) is 17.1. The van der Waals surface area contributed by atoms with Gasteiger partial charge in [0.15, 0.2) is 0 Å². The maximum atomic E-state index is 5.83. The van der Waals surface area contributed by atoms with Crippen LogP contribution in [0.2, 0.25) is 0 Å². The topological polar surface area (TPSA) is 43.9 Å². The Morgan fingerprint density at radius 1 is 1.16 bits per heavy atom. The summed E-state index contributed by atoms with van der Waals surface area (Å²) in [5, 5.41) is 1.29. The number of furan rings is 1. The first-order valence-corrected chi connectivity index (χ1v) is 11.2. The van der Waals surface area contributed by atoms with Gasteiger partial charge in [-0.3, -0.25) is 0 Å². The van der Waals surface area contributed by atoms with E-state index < -0.39 is 0 Å². The number of hydrogen-bond donors (Lipinski definition) is 0. The predicted molar refractivity (Wildman–Crippen MR) is 128 cm³/mol. The lowest BCUT2D eigenvalue weighted by atomic mass is 9.88. The zero-order chi connectivity index (χ0) is 20.1. The van der Waals surface area contributed by atoms with Gasteiger partial charge in [-0.1, -0.05) is 19.1 Å². The van der Waals surface area contributed by atoms with Gasteiger partial charge in [0.2, 0.25) is 0 Å². The lowest BCUT2D eigenvalue weighted by molar-refractivity contribution is 0.509. The van der Waals surface area contributed by atoms with Crippen molar-refractivity contribution < 1.29 is 4.42 Å². The van der Waals surface area contributed by atoms with Gasteiger partial charge in [0.25, 0.3) is 0 Å². The van der Waals surface area contributed by atoms with Crippen molar-refractivity contribution in [3.05, 3.63) is 77.9 Å². The number of pyridine rings is 1. The predicted octanol–water partition coefficient (Wildman–Crippen LogP) is 6.96. The van der Waals surface area contributed by atoms with E-state index in [4.69, 9.17) is 9.40 Å². The molecule has 0 amide bonds. The molecule has 0 spiro atoms. The lowest BCUT2D eigenvalue weighted by Gasteiger charge is -2.18. The first-order chi connectivity index (χ1) is 14.8. The fourth-order valence-corrected chi connectivity index (χ4v) is 5.84. The van der Waals surface area contributed by atoms with Crippen LogP contribution in [0.3, 0.4) is 0 Å². The number of aromatic nitrogens is 3. The highest BCUT2D eigenvalue weighted by Gasteiger charge is 2.24. The van der Waals surface area contributed by atoms with Gasteiger partial charge in [0.1, 0.15) is 10.6 Å². The summed E-state index contributed by atoms with van der Waals surface area (Å²) < 4.78 is 7.84. The number of hydrogen-bond acceptors (Lipinski definition) is 4.